The van der Waals surface area contributed by atoms with Crippen LogP contribution in [0.1, 0.15) is 43.5 Å². The Balaban J connectivity index is 1.55. The summed E-state index contributed by atoms with van der Waals surface area (Å²) in [5, 5.41) is 2.58. The van der Waals surface area contributed by atoms with Gasteiger partial charge in [-0.3, -0.25) is 19.3 Å². The molecule has 3 amide bonds. The predicted molar refractivity (Wildman–Crippen MR) is 102 cm³/mol. The van der Waals surface area contributed by atoms with Crippen molar-refractivity contribution in [3.05, 3.63) is 47.9 Å². The van der Waals surface area contributed by atoms with Crippen LogP contribution < -0.4 is 5.32 Å². The summed E-state index contributed by atoms with van der Waals surface area (Å²) in [4.78, 5) is 41.5. The highest BCUT2D eigenvalue weighted by molar-refractivity contribution is 6.12. The van der Waals surface area contributed by atoms with Crippen molar-refractivity contribution in [2.75, 3.05) is 6.54 Å². The Morgan fingerprint density at radius 1 is 1.25 bits per heavy atom. The summed E-state index contributed by atoms with van der Waals surface area (Å²) in [6, 6.07) is 4.02. The van der Waals surface area contributed by atoms with Gasteiger partial charge in [-0.1, -0.05) is 0 Å². The molecule has 2 aliphatic rings. The van der Waals surface area contributed by atoms with Gasteiger partial charge in [0.2, 0.25) is 11.8 Å². The van der Waals surface area contributed by atoms with Crippen molar-refractivity contribution in [1.82, 2.24) is 24.3 Å². The zero-order valence-corrected chi connectivity index (χ0v) is 15.8. The highest BCUT2D eigenvalue weighted by atomic mass is 16.2. The Morgan fingerprint density at radius 3 is 2.68 bits per heavy atom. The van der Waals surface area contributed by atoms with E-state index in [0.29, 0.717) is 11.6 Å². The number of piperazine rings is 1. The van der Waals surface area contributed by atoms with Crippen LogP contribution in [0.2, 0.25) is 0 Å². The third-order valence-corrected chi connectivity index (χ3v) is 5.07. The molecule has 1 aliphatic heterocycles. The Kier molecular flexibility index (Phi) is 4.85. The van der Waals surface area contributed by atoms with Gasteiger partial charge in [0.1, 0.15) is 12.2 Å². The second kappa shape index (κ2) is 7.46. The van der Waals surface area contributed by atoms with Crippen molar-refractivity contribution < 1.29 is 14.4 Å². The highest BCUT2D eigenvalue weighted by Gasteiger charge is 2.33. The first-order valence-corrected chi connectivity index (χ1v) is 9.52. The van der Waals surface area contributed by atoms with E-state index in [-0.39, 0.29) is 18.1 Å². The molecule has 1 aliphatic carbocycles. The van der Waals surface area contributed by atoms with E-state index in [9.17, 15) is 14.4 Å². The van der Waals surface area contributed by atoms with Crippen LogP contribution in [0.5, 0.6) is 0 Å². The molecule has 3 heterocycles. The molecule has 0 aromatic carbocycles. The molecule has 2 aromatic rings. The van der Waals surface area contributed by atoms with Gasteiger partial charge in [0.25, 0.3) is 5.91 Å². The Bertz CT molecular complexity index is 937. The maximum absolute atomic E-state index is 12.5. The zero-order chi connectivity index (χ0) is 19.7. The summed E-state index contributed by atoms with van der Waals surface area (Å²) in [5.41, 5.74) is 1.89. The molecule has 146 valence electrons. The van der Waals surface area contributed by atoms with Crippen molar-refractivity contribution in [2.45, 2.75) is 45.2 Å². The minimum absolute atomic E-state index is 0.103. The number of carbonyl (C=O) groups excluding carboxylic acids is 3. The van der Waals surface area contributed by atoms with E-state index in [4.69, 9.17) is 0 Å². The minimum atomic E-state index is -0.490. The lowest BCUT2D eigenvalue weighted by molar-refractivity contribution is -0.147. The summed E-state index contributed by atoms with van der Waals surface area (Å²) in [6.45, 7) is 2.80. The van der Waals surface area contributed by atoms with Crippen LogP contribution in [0.3, 0.4) is 0 Å². The molecule has 2 fully saturated rings. The SMILES string of the molecule is CC(=O)N1CC(=O)N/C(=C\c2ncn(CCCn3cccc3)c2C2CC2)C1=O. The van der Waals surface area contributed by atoms with Crippen molar-refractivity contribution in [1.29, 1.82) is 0 Å². The first kappa shape index (κ1) is 18.2. The maximum atomic E-state index is 12.5. The normalized spacial score (nSPS) is 18.6. The first-order chi connectivity index (χ1) is 13.5. The van der Waals surface area contributed by atoms with Crippen LogP contribution in [0.15, 0.2) is 36.6 Å². The number of rotatable bonds is 6. The summed E-state index contributed by atoms with van der Waals surface area (Å²) >= 11 is 0. The van der Waals surface area contributed by atoms with Crippen LogP contribution in [0.4, 0.5) is 0 Å². The van der Waals surface area contributed by atoms with E-state index in [0.717, 1.165) is 42.9 Å². The fraction of sp³-hybridized carbons (Fsp3) is 0.400. The number of nitrogens with zero attached hydrogens (tertiary/aromatic N) is 4. The molecule has 0 spiro atoms. The van der Waals surface area contributed by atoms with E-state index in [1.165, 1.54) is 6.92 Å². The second-order valence-electron chi connectivity index (χ2n) is 7.27. The van der Waals surface area contributed by atoms with Crippen molar-refractivity contribution >= 4 is 23.8 Å². The maximum Gasteiger partial charge on any atom is 0.277 e. The molecule has 4 rings (SSSR count). The fourth-order valence-electron chi connectivity index (χ4n) is 3.53. The van der Waals surface area contributed by atoms with E-state index in [2.05, 4.69) is 19.4 Å². The lowest BCUT2D eigenvalue weighted by Gasteiger charge is -2.25. The van der Waals surface area contributed by atoms with E-state index in [1.807, 2.05) is 24.5 Å². The number of hydrogen-bond acceptors (Lipinski definition) is 4. The van der Waals surface area contributed by atoms with Crippen LogP contribution >= 0.6 is 0 Å². The number of amides is 3. The molecular weight excluding hydrogens is 358 g/mol. The predicted octanol–water partition coefficient (Wildman–Crippen LogP) is 1.50. The number of nitrogens with one attached hydrogen (secondary N) is 1. The average molecular weight is 381 g/mol. The number of carbonyl (C=O) groups is 3. The summed E-state index contributed by atoms with van der Waals surface area (Å²) < 4.78 is 4.29. The Labute approximate surface area is 162 Å². The van der Waals surface area contributed by atoms with E-state index < -0.39 is 11.8 Å². The van der Waals surface area contributed by atoms with Gasteiger partial charge in [-0.25, -0.2) is 4.98 Å². The Morgan fingerprint density at radius 2 is 2.00 bits per heavy atom. The molecule has 0 atom stereocenters. The summed E-state index contributed by atoms with van der Waals surface area (Å²) in [6.07, 6.45) is 10.7. The monoisotopic (exact) mass is 381 g/mol. The van der Waals surface area contributed by atoms with E-state index in [1.54, 1.807) is 12.4 Å². The topological polar surface area (TPSA) is 89.2 Å². The standard InChI is InChI=1S/C20H23N5O3/c1-14(26)25-12-18(27)22-17(20(25)28)11-16-19(15-5-6-15)24(13-21-16)10-4-9-23-7-2-3-8-23/h2-3,7-8,11,13,15H,4-6,9-10,12H2,1H3,(H,22,27)/b17-11-. The molecular formula is C20H23N5O3. The van der Waals surface area contributed by atoms with Gasteiger partial charge >= 0.3 is 0 Å². The number of aryl methyl sites for hydroxylation is 2. The molecule has 1 saturated heterocycles. The quantitative estimate of drug-likeness (QED) is 0.768. The number of aromatic nitrogens is 3. The van der Waals surface area contributed by atoms with Gasteiger partial charge in [0, 0.05) is 44.0 Å². The van der Waals surface area contributed by atoms with Crippen LogP contribution in [-0.4, -0.2) is 43.3 Å². The molecule has 0 radical (unpaired) electrons. The van der Waals surface area contributed by atoms with Gasteiger partial charge in [0.05, 0.1) is 12.0 Å². The molecule has 28 heavy (non-hydrogen) atoms. The number of hydrogen-bond donors (Lipinski definition) is 1. The second-order valence-corrected chi connectivity index (χ2v) is 7.27. The molecule has 2 aromatic heterocycles. The number of imidazole rings is 1. The fourth-order valence-corrected chi connectivity index (χ4v) is 3.53. The van der Waals surface area contributed by atoms with Gasteiger partial charge in [0.15, 0.2) is 0 Å². The molecule has 1 N–H and O–H groups in total. The molecule has 8 heteroatoms. The lowest BCUT2D eigenvalue weighted by Crippen LogP contribution is -2.51. The van der Waals surface area contributed by atoms with Crippen LogP contribution in [0, 0.1) is 0 Å². The van der Waals surface area contributed by atoms with Gasteiger partial charge in [-0.2, -0.15) is 0 Å². The van der Waals surface area contributed by atoms with Gasteiger partial charge < -0.3 is 14.5 Å². The highest BCUT2D eigenvalue weighted by Crippen LogP contribution is 2.42. The first-order valence-electron chi connectivity index (χ1n) is 9.52. The summed E-state index contributed by atoms with van der Waals surface area (Å²) in [5.74, 6) is -0.876. The molecule has 8 nitrogen and oxygen atoms in total. The van der Waals surface area contributed by atoms with Crippen molar-refractivity contribution in [3.63, 3.8) is 0 Å². The molecule has 1 saturated carbocycles. The minimum Gasteiger partial charge on any atom is -0.354 e. The molecule has 0 bridgehead atoms. The molecule has 0 unspecified atom stereocenters. The Hall–Kier alpha value is -3.16. The summed E-state index contributed by atoms with van der Waals surface area (Å²) in [7, 11) is 0. The third-order valence-electron chi connectivity index (χ3n) is 5.07. The van der Waals surface area contributed by atoms with E-state index >= 15 is 0 Å². The third kappa shape index (κ3) is 3.76. The number of imide groups is 1. The van der Waals surface area contributed by atoms with Crippen LogP contribution in [-0.2, 0) is 27.5 Å². The van der Waals surface area contributed by atoms with Gasteiger partial charge in [-0.15, -0.1) is 0 Å². The zero-order valence-electron chi connectivity index (χ0n) is 15.8. The largest absolute Gasteiger partial charge is 0.354 e. The van der Waals surface area contributed by atoms with Crippen molar-refractivity contribution in [3.8, 4) is 0 Å². The van der Waals surface area contributed by atoms with Crippen LogP contribution in [0.25, 0.3) is 6.08 Å². The average Bonchev–Trinajstić information content (AvgIpc) is 3.20. The van der Waals surface area contributed by atoms with Crippen molar-refractivity contribution in [2.24, 2.45) is 0 Å². The lowest BCUT2D eigenvalue weighted by atomic mass is 10.1. The smallest absolute Gasteiger partial charge is 0.277 e. The van der Waals surface area contributed by atoms with Gasteiger partial charge in [-0.05, 0) is 37.5 Å².